The summed E-state index contributed by atoms with van der Waals surface area (Å²) in [6.45, 7) is 3.16. The van der Waals surface area contributed by atoms with Crippen LogP contribution in [0.25, 0.3) is 10.8 Å². The second-order valence-electron chi connectivity index (χ2n) is 7.27. The van der Waals surface area contributed by atoms with E-state index in [1.165, 1.54) is 30.4 Å². The highest BCUT2D eigenvalue weighted by Crippen LogP contribution is 2.36. The summed E-state index contributed by atoms with van der Waals surface area (Å²) in [5.74, 6) is 0.629. The Hall–Kier alpha value is -2.17. The van der Waals surface area contributed by atoms with Crippen LogP contribution in [0.2, 0.25) is 0 Å². The number of hydrogen-bond donors (Lipinski definition) is 0. The van der Waals surface area contributed by atoms with Gasteiger partial charge in [0.15, 0.2) is 5.69 Å². The molecule has 4 rings (SSSR count). The van der Waals surface area contributed by atoms with Gasteiger partial charge >= 0.3 is 0 Å². The molecule has 1 saturated heterocycles. The zero-order chi connectivity index (χ0) is 17.4. The quantitative estimate of drug-likeness (QED) is 0.844. The first kappa shape index (κ1) is 16.3. The van der Waals surface area contributed by atoms with Crippen molar-refractivity contribution in [1.29, 1.82) is 0 Å². The van der Waals surface area contributed by atoms with Gasteiger partial charge in [-0.1, -0.05) is 31.0 Å². The SMILES string of the molecule is CCn1nc(C(=O)N2CCC[C@H]3CCCC[C@@H]32)c2ccccc2c1=O. The highest BCUT2D eigenvalue weighted by atomic mass is 16.2. The smallest absolute Gasteiger partial charge is 0.275 e. The maximum Gasteiger partial charge on any atom is 0.275 e. The van der Waals surface area contributed by atoms with E-state index in [0.717, 1.165) is 19.4 Å². The number of aromatic nitrogens is 2. The maximum absolute atomic E-state index is 13.4. The van der Waals surface area contributed by atoms with Crippen molar-refractivity contribution in [2.24, 2.45) is 5.92 Å². The molecule has 0 N–H and O–H groups in total. The summed E-state index contributed by atoms with van der Waals surface area (Å²) >= 11 is 0. The Morgan fingerprint density at radius 1 is 1.12 bits per heavy atom. The Balaban J connectivity index is 1.79. The predicted molar refractivity (Wildman–Crippen MR) is 97.7 cm³/mol. The normalized spacial score (nSPS) is 23.5. The Morgan fingerprint density at radius 2 is 1.84 bits per heavy atom. The number of likely N-dealkylation sites (tertiary alicyclic amines) is 1. The molecule has 0 spiro atoms. The number of piperidine rings is 1. The van der Waals surface area contributed by atoms with E-state index in [-0.39, 0.29) is 11.5 Å². The number of benzene rings is 1. The largest absolute Gasteiger partial charge is 0.334 e. The molecule has 5 nitrogen and oxygen atoms in total. The number of nitrogens with zero attached hydrogens (tertiary/aromatic N) is 3. The zero-order valence-electron chi connectivity index (χ0n) is 14.8. The predicted octanol–water partition coefficient (Wildman–Crippen LogP) is 3.21. The first-order valence-corrected chi connectivity index (χ1v) is 9.51. The number of carbonyl (C=O) groups excluding carboxylic acids is 1. The van der Waals surface area contributed by atoms with Gasteiger partial charge in [-0.15, -0.1) is 0 Å². The van der Waals surface area contributed by atoms with Crippen LogP contribution in [0, 0.1) is 5.92 Å². The molecule has 1 aromatic carbocycles. The van der Waals surface area contributed by atoms with Crippen LogP contribution in [0.15, 0.2) is 29.1 Å². The lowest BCUT2D eigenvalue weighted by molar-refractivity contribution is 0.0385. The lowest BCUT2D eigenvalue weighted by Gasteiger charge is -2.44. The first-order valence-electron chi connectivity index (χ1n) is 9.51. The van der Waals surface area contributed by atoms with Crippen LogP contribution in [0.3, 0.4) is 0 Å². The van der Waals surface area contributed by atoms with Crippen molar-refractivity contribution in [2.75, 3.05) is 6.54 Å². The molecule has 1 amide bonds. The third-order valence-corrected chi connectivity index (χ3v) is 5.87. The molecular formula is C20H25N3O2. The molecular weight excluding hydrogens is 314 g/mol. The lowest BCUT2D eigenvalue weighted by atomic mass is 9.78. The summed E-state index contributed by atoms with van der Waals surface area (Å²) in [7, 11) is 0. The fraction of sp³-hybridized carbons (Fsp3) is 0.550. The number of rotatable bonds is 2. The van der Waals surface area contributed by atoms with Gasteiger partial charge in [0.25, 0.3) is 11.5 Å². The average molecular weight is 339 g/mol. The summed E-state index contributed by atoms with van der Waals surface area (Å²) in [4.78, 5) is 28.0. The van der Waals surface area contributed by atoms with Gasteiger partial charge in [-0.25, -0.2) is 4.68 Å². The Labute approximate surface area is 147 Å². The lowest BCUT2D eigenvalue weighted by Crippen LogP contribution is -2.50. The molecule has 1 aliphatic carbocycles. The maximum atomic E-state index is 13.4. The Kier molecular flexibility index (Phi) is 4.32. The molecule has 2 aliphatic rings. The second-order valence-corrected chi connectivity index (χ2v) is 7.27. The van der Waals surface area contributed by atoms with Gasteiger partial charge in [0, 0.05) is 24.5 Å². The van der Waals surface area contributed by atoms with Gasteiger partial charge in [-0.2, -0.15) is 5.10 Å². The Morgan fingerprint density at radius 3 is 2.64 bits per heavy atom. The summed E-state index contributed by atoms with van der Waals surface area (Å²) < 4.78 is 1.41. The van der Waals surface area contributed by atoms with E-state index >= 15 is 0 Å². The topological polar surface area (TPSA) is 55.2 Å². The number of carbonyl (C=O) groups is 1. The van der Waals surface area contributed by atoms with Gasteiger partial charge in [0.2, 0.25) is 0 Å². The Bertz CT molecular complexity index is 856. The minimum atomic E-state index is -0.121. The molecule has 2 aromatic rings. The fourth-order valence-electron chi connectivity index (χ4n) is 4.62. The standard InChI is InChI=1S/C20H25N3O2/c1-2-23-19(24)16-11-5-4-10-15(16)18(21-23)20(25)22-13-7-9-14-8-3-6-12-17(14)22/h4-5,10-11,14,17H,2-3,6-9,12-13H2,1H3/t14-,17+/m1/s1. The first-order chi connectivity index (χ1) is 12.2. The van der Waals surface area contributed by atoms with E-state index in [2.05, 4.69) is 5.10 Å². The summed E-state index contributed by atoms with van der Waals surface area (Å²) in [5, 5.41) is 5.71. The zero-order valence-corrected chi connectivity index (χ0v) is 14.8. The van der Waals surface area contributed by atoms with E-state index in [0.29, 0.717) is 35.0 Å². The van der Waals surface area contributed by atoms with Crippen molar-refractivity contribution >= 4 is 16.7 Å². The molecule has 132 valence electrons. The number of hydrogen-bond acceptors (Lipinski definition) is 3. The minimum Gasteiger partial charge on any atom is -0.334 e. The summed E-state index contributed by atoms with van der Waals surface area (Å²) in [6, 6.07) is 7.70. The fourth-order valence-corrected chi connectivity index (χ4v) is 4.62. The van der Waals surface area contributed by atoms with Crippen LogP contribution in [0.5, 0.6) is 0 Å². The van der Waals surface area contributed by atoms with E-state index < -0.39 is 0 Å². The van der Waals surface area contributed by atoms with E-state index in [4.69, 9.17) is 0 Å². The van der Waals surface area contributed by atoms with Gasteiger partial charge in [-0.05, 0) is 44.6 Å². The van der Waals surface area contributed by atoms with Crippen molar-refractivity contribution in [1.82, 2.24) is 14.7 Å². The number of fused-ring (bicyclic) bond motifs is 2. The van der Waals surface area contributed by atoms with Gasteiger partial charge in [-0.3, -0.25) is 9.59 Å². The molecule has 2 heterocycles. The molecule has 0 unspecified atom stereocenters. The van der Waals surface area contributed by atoms with Gasteiger partial charge in [0.05, 0.1) is 5.39 Å². The number of aryl methyl sites for hydroxylation is 1. The van der Waals surface area contributed by atoms with E-state index in [1.807, 2.05) is 30.0 Å². The summed E-state index contributed by atoms with van der Waals surface area (Å²) in [6.07, 6.45) is 7.12. The van der Waals surface area contributed by atoms with Crippen LogP contribution in [0.1, 0.15) is 55.9 Å². The third-order valence-electron chi connectivity index (χ3n) is 5.87. The van der Waals surface area contributed by atoms with Crippen LogP contribution in [-0.2, 0) is 6.54 Å². The molecule has 1 saturated carbocycles. The molecule has 1 aromatic heterocycles. The van der Waals surface area contributed by atoms with Crippen molar-refractivity contribution in [2.45, 2.75) is 58.0 Å². The number of amides is 1. The van der Waals surface area contributed by atoms with Gasteiger partial charge in [0.1, 0.15) is 0 Å². The second kappa shape index (κ2) is 6.62. The summed E-state index contributed by atoms with van der Waals surface area (Å²) in [5.41, 5.74) is 0.312. The van der Waals surface area contributed by atoms with Crippen molar-refractivity contribution in [3.8, 4) is 0 Å². The highest BCUT2D eigenvalue weighted by molar-refractivity contribution is 6.04. The third kappa shape index (κ3) is 2.75. The molecule has 1 aliphatic heterocycles. The van der Waals surface area contributed by atoms with E-state index in [9.17, 15) is 9.59 Å². The molecule has 0 radical (unpaired) electrons. The van der Waals surface area contributed by atoms with Crippen LogP contribution in [-0.4, -0.2) is 33.2 Å². The monoisotopic (exact) mass is 339 g/mol. The average Bonchev–Trinajstić information content (AvgIpc) is 2.67. The molecule has 25 heavy (non-hydrogen) atoms. The van der Waals surface area contributed by atoms with Crippen LogP contribution >= 0.6 is 0 Å². The van der Waals surface area contributed by atoms with Crippen molar-refractivity contribution < 1.29 is 4.79 Å². The molecule has 2 fully saturated rings. The molecule has 5 heteroatoms. The highest BCUT2D eigenvalue weighted by Gasteiger charge is 2.37. The van der Waals surface area contributed by atoms with Crippen LogP contribution < -0.4 is 5.56 Å². The molecule has 2 atom stereocenters. The minimum absolute atomic E-state index is 0.00463. The van der Waals surface area contributed by atoms with Crippen LogP contribution in [0.4, 0.5) is 0 Å². The molecule has 0 bridgehead atoms. The van der Waals surface area contributed by atoms with Crippen molar-refractivity contribution in [3.63, 3.8) is 0 Å². The van der Waals surface area contributed by atoms with Gasteiger partial charge < -0.3 is 4.90 Å². The van der Waals surface area contributed by atoms with Crippen molar-refractivity contribution in [3.05, 3.63) is 40.3 Å². The van der Waals surface area contributed by atoms with E-state index in [1.54, 1.807) is 6.07 Å².